The molecule has 0 aliphatic rings. The minimum Gasteiger partial charge on any atom is -0.228 e. The monoisotopic (exact) mass is 260 g/mol. The maximum atomic E-state index is 8.97. The number of aromatic nitrogens is 2. The van der Waals surface area contributed by atoms with Crippen molar-refractivity contribution in [2.75, 3.05) is 5.75 Å². The summed E-state index contributed by atoms with van der Waals surface area (Å²) in [6.07, 6.45) is 1.04. The molecule has 0 N–H and O–H groups in total. The van der Waals surface area contributed by atoms with Crippen LogP contribution < -0.4 is 0 Å². The molecule has 94 valence electrons. The molecule has 0 radical (unpaired) electrons. The van der Waals surface area contributed by atoms with Crippen molar-refractivity contribution in [3.63, 3.8) is 0 Å². The van der Waals surface area contributed by atoms with Gasteiger partial charge in [0.15, 0.2) is 5.16 Å². The van der Waals surface area contributed by atoms with Crippen LogP contribution in [-0.2, 0) is 0 Å². The van der Waals surface area contributed by atoms with Crippen LogP contribution >= 0.6 is 11.8 Å². The van der Waals surface area contributed by atoms with E-state index >= 15 is 0 Å². The lowest BCUT2D eigenvalue weighted by atomic mass is 10.1. The lowest BCUT2D eigenvalue weighted by molar-refractivity contribution is 0.684. The van der Waals surface area contributed by atoms with E-state index in [-0.39, 0.29) is 5.92 Å². The summed E-state index contributed by atoms with van der Waals surface area (Å²) in [5.41, 5.74) is 3.08. The van der Waals surface area contributed by atoms with Gasteiger partial charge < -0.3 is 0 Å². The van der Waals surface area contributed by atoms with Crippen LogP contribution in [0.5, 0.6) is 0 Å². The molecule has 18 heavy (non-hydrogen) atoms. The Bertz CT molecular complexity index is 476. The average Bonchev–Trinajstić information content (AvgIpc) is 2.36. The summed E-state index contributed by atoms with van der Waals surface area (Å²) in [6.45, 7) is 5.93. The smallest absolute Gasteiger partial charge is 0.188 e. The van der Waals surface area contributed by atoms with E-state index < -0.39 is 0 Å². The van der Waals surface area contributed by atoms with E-state index in [1.807, 2.05) is 20.8 Å². The Morgan fingerprint density at radius 2 is 1.78 bits per heavy atom. The van der Waals surface area contributed by atoms with Gasteiger partial charge in [-0.25, -0.2) is 9.97 Å². The van der Waals surface area contributed by atoms with Crippen LogP contribution in [0.3, 0.4) is 0 Å². The first-order chi connectivity index (χ1) is 8.58. The molecule has 0 aliphatic heterocycles. The Labute approximate surface area is 112 Å². The highest BCUT2D eigenvalue weighted by Crippen LogP contribution is 2.21. The molecule has 5 heteroatoms. The Morgan fingerprint density at radius 3 is 2.28 bits per heavy atom. The Morgan fingerprint density at radius 1 is 1.17 bits per heavy atom. The topological polar surface area (TPSA) is 73.4 Å². The van der Waals surface area contributed by atoms with Crippen LogP contribution in [-0.4, -0.2) is 15.7 Å². The molecule has 0 fully saturated rings. The van der Waals surface area contributed by atoms with E-state index in [9.17, 15) is 0 Å². The van der Waals surface area contributed by atoms with Gasteiger partial charge in [-0.2, -0.15) is 10.5 Å². The number of hydrogen-bond acceptors (Lipinski definition) is 5. The maximum absolute atomic E-state index is 8.97. The van der Waals surface area contributed by atoms with Crippen molar-refractivity contribution in [1.29, 1.82) is 10.5 Å². The number of aryl methyl sites for hydroxylation is 2. The van der Waals surface area contributed by atoms with Gasteiger partial charge in [-0.05, 0) is 32.8 Å². The van der Waals surface area contributed by atoms with Gasteiger partial charge in [-0.3, -0.25) is 0 Å². The van der Waals surface area contributed by atoms with E-state index in [2.05, 4.69) is 22.1 Å². The predicted molar refractivity (Wildman–Crippen MR) is 70.9 cm³/mol. The fraction of sp³-hybridized carbons (Fsp3) is 0.538. The van der Waals surface area contributed by atoms with Gasteiger partial charge in [-0.15, -0.1) is 0 Å². The molecule has 0 saturated heterocycles. The fourth-order valence-corrected chi connectivity index (χ4v) is 2.40. The van der Waals surface area contributed by atoms with Crippen molar-refractivity contribution in [2.45, 2.75) is 38.8 Å². The molecule has 0 amide bonds. The van der Waals surface area contributed by atoms with Gasteiger partial charge in [0.25, 0.3) is 0 Å². The molecule has 1 rings (SSSR count). The van der Waals surface area contributed by atoms with E-state index in [1.165, 1.54) is 11.8 Å². The van der Waals surface area contributed by atoms with Crippen LogP contribution in [0.15, 0.2) is 5.16 Å². The molecule has 1 aromatic heterocycles. The molecule has 1 aromatic rings. The molecule has 1 atom stereocenters. The Balaban J connectivity index is 2.64. The van der Waals surface area contributed by atoms with Gasteiger partial charge in [0, 0.05) is 23.6 Å². The van der Waals surface area contributed by atoms with Gasteiger partial charge in [0.05, 0.1) is 18.1 Å². The number of hydrogen-bond donors (Lipinski definition) is 0. The van der Waals surface area contributed by atoms with Crippen molar-refractivity contribution in [3.8, 4) is 12.1 Å². The van der Waals surface area contributed by atoms with Crippen molar-refractivity contribution < 1.29 is 0 Å². The third-order valence-corrected chi connectivity index (χ3v) is 3.82. The van der Waals surface area contributed by atoms with Gasteiger partial charge in [0.1, 0.15) is 0 Å². The van der Waals surface area contributed by atoms with E-state index in [0.717, 1.165) is 17.0 Å². The number of nitriles is 2. The molecule has 1 unspecified atom stereocenters. The molecule has 0 aromatic carbocycles. The van der Waals surface area contributed by atoms with Crippen molar-refractivity contribution >= 4 is 11.8 Å². The third kappa shape index (κ3) is 4.01. The van der Waals surface area contributed by atoms with Crippen LogP contribution in [0.2, 0.25) is 0 Å². The van der Waals surface area contributed by atoms with Gasteiger partial charge in [-0.1, -0.05) is 11.8 Å². The maximum Gasteiger partial charge on any atom is 0.188 e. The Kier molecular flexibility index (Phi) is 5.61. The van der Waals surface area contributed by atoms with Crippen LogP contribution in [0, 0.1) is 49.4 Å². The van der Waals surface area contributed by atoms with Gasteiger partial charge in [0.2, 0.25) is 0 Å². The summed E-state index contributed by atoms with van der Waals surface area (Å²) >= 11 is 1.49. The van der Waals surface area contributed by atoms with E-state index in [0.29, 0.717) is 23.8 Å². The number of nitrogens with zero attached hydrogens (tertiary/aromatic N) is 4. The fourth-order valence-electron chi connectivity index (χ4n) is 1.41. The molecule has 0 saturated carbocycles. The summed E-state index contributed by atoms with van der Waals surface area (Å²) < 4.78 is 0. The van der Waals surface area contributed by atoms with Crippen LogP contribution in [0.25, 0.3) is 0 Å². The highest BCUT2D eigenvalue weighted by Gasteiger charge is 2.10. The standard InChI is InChI=1S/C13H16N4S/c1-9-10(2)16-13(17-11(9)3)18-8-12(7-15)5-4-6-14/h12H,4-5,8H2,1-3H3. The third-order valence-electron chi connectivity index (χ3n) is 2.81. The first-order valence-electron chi connectivity index (χ1n) is 5.79. The summed E-state index contributed by atoms with van der Waals surface area (Å²) in [6, 6.07) is 4.28. The quantitative estimate of drug-likeness (QED) is 0.601. The zero-order chi connectivity index (χ0) is 13.5. The van der Waals surface area contributed by atoms with Crippen molar-refractivity contribution in [3.05, 3.63) is 17.0 Å². The average molecular weight is 260 g/mol. The lowest BCUT2D eigenvalue weighted by Gasteiger charge is -2.08. The van der Waals surface area contributed by atoms with Crippen LogP contribution in [0.1, 0.15) is 29.8 Å². The number of thioether (sulfide) groups is 1. The van der Waals surface area contributed by atoms with Crippen molar-refractivity contribution in [2.24, 2.45) is 5.92 Å². The van der Waals surface area contributed by atoms with E-state index in [1.54, 1.807) is 0 Å². The minimum absolute atomic E-state index is 0.111. The van der Waals surface area contributed by atoms with Gasteiger partial charge >= 0.3 is 0 Å². The SMILES string of the molecule is Cc1nc(SCC(C#N)CCC#N)nc(C)c1C. The highest BCUT2D eigenvalue weighted by molar-refractivity contribution is 7.99. The first-order valence-corrected chi connectivity index (χ1v) is 6.78. The normalized spacial score (nSPS) is 11.6. The predicted octanol–water partition coefficient (Wildman–Crippen LogP) is 2.94. The summed E-state index contributed by atoms with van der Waals surface area (Å²) in [5, 5.41) is 18.2. The zero-order valence-electron chi connectivity index (χ0n) is 10.9. The molecule has 0 spiro atoms. The highest BCUT2D eigenvalue weighted by atomic mass is 32.2. The molecule has 4 nitrogen and oxygen atoms in total. The summed E-state index contributed by atoms with van der Waals surface area (Å²) in [4.78, 5) is 8.80. The van der Waals surface area contributed by atoms with Crippen molar-refractivity contribution in [1.82, 2.24) is 9.97 Å². The second kappa shape index (κ2) is 6.98. The zero-order valence-corrected chi connectivity index (χ0v) is 11.7. The summed E-state index contributed by atoms with van der Waals surface area (Å²) in [7, 11) is 0. The largest absolute Gasteiger partial charge is 0.228 e. The molecule has 1 heterocycles. The lowest BCUT2D eigenvalue weighted by Crippen LogP contribution is -2.03. The molecule has 0 bridgehead atoms. The molecule has 0 aliphatic carbocycles. The number of rotatable bonds is 5. The summed E-state index contributed by atoms with van der Waals surface area (Å²) in [5.74, 6) is 0.528. The molecular weight excluding hydrogens is 244 g/mol. The second-order valence-corrected chi connectivity index (χ2v) is 5.12. The van der Waals surface area contributed by atoms with E-state index in [4.69, 9.17) is 10.5 Å². The Hall–Kier alpha value is -1.59. The first kappa shape index (κ1) is 14.5. The molecular formula is C13H16N4S. The second-order valence-electron chi connectivity index (χ2n) is 4.14. The van der Waals surface area contributed by atoms with Crippen LogP contribution in [0.4, 0.5) is 0 Å². The minimum atomic E-state index is -0.111.